The Hall–Kier alpha value is -7.36. The van der Waals surface area contributed by atoms with Gasteiger partial charge in [0.15, 0.2) is 5.82 Å². The molecule has 10 rings (SSSR count). The molecule has 0 atom stereocenters. The maximum Gasteiger partial charge on any atom is 0.231 e. The molecule has 0 saturated heterocycles. The highest BCUT2D eigenvalue weighted by atomic mass is 16.3. The molecule has 55 heavy (non-hydrogen) atoms. The molecular weight excluding hydrogens is 669 g/mol. The molecule has 10 aromatic rings. The SMILES string of the molecule is c1ccc(-c2cc(-c3ccccc3)cc(-c3cccc(-c4cccc(-c5cccc(-c6nc(-c7ccccc7)c7c(n6)oc6ccccc67)c5)c4)c3)c2)cc1. The molecule has 8 aromatic carbocycles. The Labute approximate surface area is 319 Å². The van der Waals surface area contributed by atoms with Crippen LogP contribution in [-0.4, -0.2) is 9.97 Å². The highest BCUT2D eigenvalue weighted by Gasteiger charge is 2.18. The van der Waals surface area contributed by atoms with E-state index in [0.717, 1.165) is 55.4 Å². The van der Waals surface area contributed by atoms with Crippen LogP contribution in [0.1, 0.15) is 0 Å². The molecule has 0 unspecified atom stereocenters. The molecule has 0 aliphatic rings. The van der Waals surface area contributed by atoms with E-state index in [0.29, 0.717) is 11.5 Å². The van der Waals surface area contributed by atoms with E-state index in [1.807, 2.05) is 36.4 Å². The van der Waals surface area contributed by atoms with Gasteiger partial charge in [0.1, 0.15) is 5.58 Å². The molecule has 0 amide bonds. The van der Waals surface area contributed by atoms with E-state index in [4.69, 9.17) is 14.4 Å². The molecule has 3 heteroatoms. The standard InChI is InChI=1S/C52H34N2O/c1-4-15-35(16-5-1)44-32-45(36-17-6-2-7-18-36)34-46(33-44)42-25-13-23-40(30-42)38-21-12-22-39(29-38)41-24-14-26-43(31-41)51-53-50(37-19-8-3-9-20-37)49-47-27-10-11-28-48(47)55-52(49)54-51/h1-34H. The van der Waals surface area contributed by atoms with Gasteiger partial charge in [-0.15, -0.1) is 0 Å². The lowest BCUT2D eigenvalue weighted by Gasteiger charge is -2.13. The van der Waals surface area contributed by atoms with Gasteiger partial charge in [0.2, 0.25) is 5.71 Å². The van der Waals surface area contributed by atoms with Crippen molar-refractivity contribution in [3.05, 3.63) is 206 Å². The first kappa shape index (κ1) is 32.3. The normalized spacial score (nSPS) is 11.3. The molecule has 0 spiro atoms. The van der Waals surface area contributed by atoms with Gasteiger partial charge in [-0.25, -0.2) is 4.98 Å². The Morgan fingerprint density at radius 2 is 0.673 bits per heavy atom. The fourth-order valence-corrected chi connectivity index (χ4v) is 7.54. The summed E-state index contributed by atoms with van der Waals surface area (Å²) in [6, 6.07) is 72.6. The number of para-hydroxylation sites is 1. The summed E-state index contributed by atoms with van der Waals surface area (Å²) in [6.45, 7) is 0. The summed E-state index contributed by atoms with van der Waals surface area (Å²) in [5.74, 6) is 0.628. The summed E-state index contributed by atoms with van der Waals surface area (Å²) in [5, 5.41) is 1.94. The van der Waals surface area contributed by atoms with Crippen LogP contribution in [0.15, 0.2) is 211 Å². The molecule has 3 nitrogen and oxygen atoms in total. The minimum Gasteiger partial charge on any atom is -0.438 e. The number of nitrogens with zero attached hydrogens (tertiary/aromatic N) is 2. The second-order valence-corrected chi connectivity index (χ2v) is 13.8. The Morgan fingerprint density at radius 1 is 0.291 bits per heavy atom. The molecule has 258 valence electrons. The summed E-state index contributed by atoms with van der Waals surface area (Å²) in [7, 11) is 0. The third kappa shape index (κ3) is 6.28. The lowest BCUT2D eigenvalue weighted by molar-refractivity contribution is 0.653. The molecular formula is C52H34N2O. The van der Waals surface area contributed by atoms with E-state index in [2.05, 4.69) is 170 Å². The lowest BCUT2D eigenvalue weighted by Crippen LogP contribution is -1.94. The fourth-order valence-electron chi connectivity index (χ4n) is 7.54. The van der Waals surface area contributed by atoms with Crippen molar-refractivity contribution in [2.75, 3.05) is 0 Å². The van der Waals surface area contributed by atoms with Crippen molar-refractivity contribution in [3.63, 3.8) is 0 Å². The van der Waals surface area contributed by atoms with E-state index >= 15 is 0 Å². The zero-order valence-electron chi connectivity index (χ0n) is 29.9. The Bertz CT molecular complexity index is 2910. The Kier molecular flexibility index (Phi) is 8.16. The first-order chi connectivity index (χ1) is 27.2. The van der Waals surface area contributed by atoms with Crippen LogP contribution in [0.3, 0.4) is 0 Å². The van der Waals surface area contributed by atoms with E-state index in [1.165, 1.54) is 33.4 Å². The van der Waals surface area contributed by atoms with Crippen molar-refractivity contribution in [3.8, 4) is 78.3 Å². The van der Waals surface area contributed by atoms with Crippen molar-refractivity contribution in [1.29, 1.82) is 0 Å². The minimum atomic E-state index is 0.586. The van der Waals surface area contributed by atoms with Gasteiger partial charge in [0.05, 0.1) is 11.1 Å². The average Bonchev–Trinajstić information content (AvgIpc) is 3.66. The van der Waals surface area contributed by atoms with Crippen LogP contribution in [0.5, 0.6) is 0 Å². The van der Waals surface area contributed by atoms with Crippen LogP contribution >= 0.6 is 0 Å². The van der Waals surface area contributed by atoms with Crippen molar-refractivity contribution in [1.82, 2.24) is 9.97 Å². The van der Waals surface area contributed by atoms with Crippen LogP contribution < -0.4 is 0 Å². The molecule has 0 saturated carbocycles. The topological polar surface area (TPSA) is 38.9 Å². The summed E-state index contributed by atoms with van der Waals surface area (Å²) in [5.41, 5.74) is 15.9. The number of hydrogen-bond acceptors (Lipinski definition) is 3. The smallest absolute Gasteiger partial charge is 0.231 e. The maximum atomic E-state index is 6.30. The maximum absolute atomic E-state index is 6.30. The largest absolute Gasteiger partial charge is 0.438 e. The van der Waals surface area contributed by atoms with Gasteiger partial charge >= 0.3 is 0 Å². The number of furan rings is 1. The van der Waals surface area contributed by atoms with E-state index in [9.17, 15) is 0 Å². The zero-order valence-corrected chi connectivity index (χ0v) is 29.9. The number of benzene rings is 8. The second kappa shape index (κ2) is 13.9. The molecule has 0 N–H and O–H groups in total. The predicted octanol–water partition coefficient (Wildman–Crippen LogP) is 14.0. The summed E-state index contributed by atoms with van der Waals surface area (Å²) in [4.78, 5) is 10.2. The van der Waals surface area contributed by atoms with Crippen molar-refractivity contribution >= 4 is 22.1 Å². The van der Waals surface area contributed by atoms with Gasteiger partial charge in [-0.1, -0.05) is 164 Å². The van der Waals surface area contributed by atoms with E-state index in [1.54, 1.807) is 0 Å². The molecule has 2 heterocycles. The van der Waals surface area contributed by atoms with Gasteiger partial charge in [-0.05, 0) is 98.1 Å². The van der Waals surface area contributed by atoms with E-state index in [-0.39, 0.29) is 0 Å². The minimum absolute atomic E-state index is 0.586. The molecule has 0 radical (unpaired) electrons. The molecule has 0 aliphatic heterocycles. The Balaban J connectivity index is 1.03. The zero-order chi connectivity index (χ0) is 36.6. The van der Waals surface area contributed by atoms with E-state index < -0.39 is 0 Å². The lowest BCUT2D eigenvalue weighted by atomic mass is 9.91. The monoisotopic (exact) mass is 702 g/mol. The molecule has 0 aliphatic carbocycles. The number of rotatable bonds is 7. The average molecular weight is 703 g/mol. The highest BCUT2D eigenvalue weighted by molar-refractivity contribution is 6.10. The third-order valence-electron chi connectivity index (χ3n) is 10.3. The highest BCUT2D eigenvalue weighted by Crippen LogP contribution is 2.38. The van der Waals surface area contributed by atoms with Crippen LogP contribution in [0.25, 0.3) is 100 Å². The number of fused-ring (bicyclic) bond motifs is 3. The summed E-state index contributed by atoms with van der Waals surface area (Å²) in [6.07, 6.45) is 0. The van der Waals surface area contributed by atoms with Gasteiger partial charge in [-0.3, -0.25) is 0 Å². The predicted molar refractivity (Wildman–Crippen MR) is 227 cm³/mol. The van der Waals surface area contributed by atoms with Gasteiger partial charge in [-0.2, -0.15) is 4.98 Å². The first-order valence-electron chi connectivity index (χ1n) is 18.6. The van der Waals surface area contributed by atoms with Crippen LogP contribution in [0, 0.1) is 0 Å². The van der Waals surface area contributed by atoms with Gasteiger partial charge < -0.3 is 4.42 Å². The van der Waals surface area contributed by atoms with Crippen molar-refractivity contribution in [2.45, 2.75) is 0 Å². The van der Waals surface area contributed by atoms with Crippen LogP contribution in [0.2, 0.25) is 0 Å². The first-order valence-corrected chi connectivity index (χ1v) is 18.6. The number of aromatic nitrogens is 2. The van der Waals surface area contributed by atoms with Crippen molar-refractivity contribution < 1.29 is 4.42 Å². The van der Waals surface area contributed by atoms with Crippen molar-refractivity contribution in [2.24, 2.45) is 0 Å². The fraction of sp³-hybridized carbons (Fsp3) is 0. The molecule has 0 fully saturated rings. The summed E-state index contributed by atoms with van der Waals surface area (Å²) >= 11 is 0. The van der Waals surface area contributed by atoms with Crippen LogP contribution in [-0.2, 0) is 0 Å². The third-order valence-corrected chi connectivity index (χ3v) is 10.3. The molecule has 0 bridgehead atoms. The van der Waals surface area contributed by atoms with Crippen LogP contribution in [0.4, 0.5) is 0 Å². The van der Waals surface area contributed by atoms with Gasteiger partial charge in [0.25, 0.3) is 0 Å². The quantitative estimate of drug-likeness (QED) is 0.166. The summed E-state index contributed by atoms with van der Waals surface area (Å²) < 4.78 is 6.30. The number of hydrogen-bond donors (Lipinski definition) is 0. The second-order valence-electron chi connectivity index (χ2n) is 13.8. The molecule has 2 aromatic heterocycles. The van der Waals surface area contributed by atoms with Gasteiger partial charge in [0, 0.05) is 16.5 Å². The Morgan fingerprint density at radius 3 is 1.22 bits per heavy atom.